The maximum absolute atomic E-state index is 13.0. The number of nitrogens with zero attached hydrogens (tertiary/aromatic N) is 2. The van der Waals surface area contributed by atoms with E-state index in [0.717, 1.165) is 44.5 Å². The molecule has 0 fully saturated rings. The first kappa shape index (κ1) is 28.2. The molecule has 0 aliphatic heterocycles. The summed E-state index contributed by atoms with van der Waals surface area (Å²) in [5.41, 5.74) is 9.14. The molecule has 0 aliphatic rings. The molecule has 7 nitrogen and oxygen atoms in total. The van der Waals surface area contributed by atoms with Crippen molar-refractivity contribution in [3.8, 4) is 22.7 Å². The number of carbonyl (C=O) groups excluding carboxylic acids is 1. The van der Waals surface area contributed by atoms with Crippen LogP contribution in [-0.4, -0.2) is 27.8 Å². The quantitative estimate of drug-likeness (QED) is 0.136. The highest BCUT2D eigenvalue weighted by Crippen LogP contribution is 2.28. The van der Waals surface area contributed by atoms with E-state index in [1.807, 2.05) is 66.7 Å². The third kappa shape index (κ3) is 5.98. The Hall–Kier alpha value is -5.95. The fourth-order valence-electron chi connectivity index (χ4n) is 5.14. The van der Waals surface area contributed by atoms with Gasteiger partial charge < -0.3 is 14.4 Å². The molecule has 0 saturated carbocycles. The standard InChI is InChI=1S/C37H29N3O4/c1-25-11-21-34(28-8-3-2-4-9-28)40(25)31-19-16-29(17-20-31)36(41)39-38-23-33-32-10-6-5-7-27(32)18-22-35(33)44-24-26-12-14-30(15-13-26)37(42)43/h2-23H,24H2,1H3,(H,39,41)(H,42,43)/b38-23+. The Morgan fingerprint density at radius 2 is 1.50 bits per heavy atom. The molecule has 1 heterocycles. The second-order valence-corrected chi connectivity index (χ2v) is 10.3. The number of hydrazone groups is 1. The number of amides is 1. The van der Waals surface area contributed by atoms with E-state index >= 15 is 0 Å². The van der Waals surface area contributed by atoms with Crippen LogP contribution >= 0.6 is 0 Å². The van der Waals surface area contributed by atoms with Crippen molar-refractivity contribution in [3.05, 3.63) is 155 Å². The van der Waals surface area contributed by atoms with Gasteiger partial charge in [0, 0.05) is 22.5 Å². The summed E-state index contributed by atoms with van der Waals surface area (Å²) in [6.07, 6.45) is 1.59. The van der Waals surface area contributed by atoms with Crippen molar-refractivity contribution in [3.63, 3.8) is 0 Å². The molecular weight excluding hydrogens is 550 g/mol. The molecule has 44 heavy (non-hydrogen) atoms. The molecule has 7 heteroatoms. The molecule has 6 rings (SSSR count). The predicted molar refractivity (Wildman–Crippen MR) is 173 cm³/mol. The summed E-state index contributed by atoms with van der Waals surface area (Å²) in [7, 11) is 0. The molecule has 0 saturated heterocycles. The molecular formula is C37H29N3O4. The van der Waals surface area contributed by atoms with Crippen LogP contribution in [0, 0.1) is 6.92 Å². The van der Waals surface area contributed by atoms with Crippen LogP contribution in [0.4, 0.5) is 0 Å². The average molecular weight is 580 g/mol. The lowest BCUT2D eigenvalue weighted by Gasteiger charge is -2.13. The van der Waals surface area contributed by atoms with Gasteiger partial charge in [0.05, 0.1) is 17.5 Å². The number of hydrogen-bond acceptors (Lipinski definition) is 4. The number of aromatic carboxylic acids is 1. The summed E-state index contributed by atoms with van der Waals surface area (Å²) in [6, 6.07) is 40.0. The van der Waals surface area contributed by atoms with Crippen molar-refractivity contribution >= 4 is 28.9 Å². The second kappa shape index (κ2) is 12.5. The number of carbonyl (C=O) groups is 2. The zero-order valence-corrected chi connectivity index (χ0v) is 24.0. The number of carboxylic acids is 1. The minimum Gasteiger partial charge on any atom is -0.488 e. The Morgan fingerprint density at radius 3 is 2.25 bits per heavy atom. The molecule has 1 amide bonds. The van der Waals surface area contributed by atoms with Crippen LogP contribution in [0.15, 0.2) is 132 Å². The van der Waals surface area contributed by atoms with Gasteiger partial charge in [0.25, 0.3) is 5.91 Å². The van der Waals surface area contributed by atoms with Gasteiger partial charge in [-0.05, 0) is 83.4 Å². The van der Waals surface area contributed by atoms with Crippen molar-refractivity contribution in [1.82, 2.24) is 9.99 Å². The molecule has 0 atom stereocenters. The Balaban J connectivity index is 1.19. The number of rotatable bonds is 9. The van der Waals surface area contributed by atoms with Crippen LogP contribution in [0.2, 0.25) is 0 Å². The molecule has 0 bridgehead atoms. The molecule has 0 unspecified atom stereocenters. The van der Waals surface area contributed by atoms with E-state index in [1.165, 1.54) is 0 Å². The maximum Gasteiger partial charge on any atom is 0.335 e. The lowest BCUT2D eigenvalue weighted by atomic mass is 10.0. The fraction of sp³-hybridized carbons (Fsp3) is 0.0541. The molecule has 0 aliphatic carbocycles. The highest BCUT2D eigenvalue weighted by Gasteiger charge is 2.12. The van der Waals surface area contributed by atoms with Gasteiger partial charge in [-0.2, -0.15) is 5.10 Å². The van der Waals surface area contributed by atoms with E-state index in [0.29, 0.717) is 11.3 Å². The number of hydrogen-bond donors (Lipinski definition) is 2. The molecule has 1 aromatic heterocycles. The van der Waals surface area contributed by atoms with Gasteiger partial charge in [-0.25, -0.2) is 10.2 Å². The van der Waals surface area contributed by atoms with E-state index in [4.69, 9.17) is 9.84 Å². The van der Waals surface area contributed by atoms with Crippen LogP contribution < -0.4 is 10.2 Å². The molecule has 216 valence electrons. The van der Waals surface area contributed by atoms with Crippen molar-refractivity contribution in [2.45, 2.75) is 13.5 Å². The average Bonchev–Trinajstić information content (AvgIpc) is 3.45. The largest absolute Gasteiger partial charge is 0.488 e. The van der Waals surface area contributed by atoms with Crippen LogP contribution in [0.3, 0.4) is 0 Å². The summed E-state index contributed by atoms with van der Waals surface area (Å²) in [4.78, 5) is 24.2. The van der Waals surface area contributed by atoms with E-state index < -0.39 is 5.97 Å². The third-order valence-corrected chi connectivity index (χ3v) is 7.42. The number of aromatic nitrogens is 1. The number of benzene rings is 5. The maximum atomic E-state index is 13.0. The lowest BCUT2D eigenvalue weighted by Crippen LogP contribution is -2.17. The SMILES string of the molecule is Cc1ccc(-c2ccccc2)n1-c1ccc(C(=O)N/N=C/c2c(OCc3ccc(C(=O)O)cc3)ccc3ccccc23)cc1. The van der Waals surface area contributed by atoms with Crippen molar-refractivity contribution in [2.75, 3.05) is 0 Å². The summed E-state index contributed by atoms with van der Waals surface area (Å²) >= 11 is 0. The second-order valence-electron chi connectivity index (χ2n) is 10.3. The van der Waals surface area contributed by atoms with E-state index in [2.05, 4.69) is 46.3 Å². The summed E-state index contributed by atoms with van der Waals surface area (Å²) < 4.78 is 8.28. The normalized spacial score (nSPS) is 11.1. The predicted octanol–water partition coefficient (Wildman–Crippen LogP) is 7.65. The van der Waals surface area contributed by atoms with Crippen molar-refractivity contribution in [2.24, 2.45) is 5.10 Å². The Kier molecular flexibility index (Phi) is 8.01. The molecule has 5 aromatic carbocycles. The molecule has 2 N–H and O–H groups in total. The van der Waals surface area contributed by atoms with E-state index in [1.54, 1.807) is 42.6 Å². The van der Waals surface area contributed by atoms with Crippen molar-refractivity contribution in [1.29, 1.82) is 0 Å². The smallest absolute Gasteiger partial charge is 0.335 e. The minimum atomic E-state index is -0.975. The summed E-state index contributed by atoms with van der Waals surface area (Å²) in [6.45, 7) is 2.30. The first-order valence-corrected chi connectivity index (χ1v) is 14.1. The van der Waals surface area contributed by atoms with Crippen LogP contribution in [0.1, 0.15) is 37.5 Å². The van der Waals surface area contributed by atoms with Crippen LogP contribution in [0.25, 0.3) is 27.7 Å². The Morgan fingerprint density at radius 1 is 0.795 bits per heavy atom. The van der Waals surface area contributed by atoms with E-state index in [-0.39, 0.29) is 18.1 Å². The number of carboxylic acid groups (broad SMARTS) is 1. The zero-order valence-electron chi connectivity index (χ0n) is 24.0. The van der Waals surface area contributed by atoms with Crippen LogP contribution in [0.5, 0.6) is 5.75 Å². The molecule has 0 radical (unpaired) electrons. The minimum absolute atomic E-state index is 0.217. The Bertz CT molecular complexity index is 1980. The number of nitrogens with one attached hydrogen (secondary N) is 1. The summed E-state index contributed by atoms with van der Waals surface area (Å²) in [5, 5.41) is 15.4. The topological polar surface area (TPSA) is 92.9 Å². The van der Waals surface area contributed by atoms with Gasteiger partial charge in [-0.1, -0.05) is 72.8 Å². The zero-order chi connectivity index (χ0) is 30.5. The lowest BCUT2D eigenvalue weighted by molar-refractivity contribution is 0.0696. The molecule has 0 spiro atoms. The van der Waals surface area contributed by atoms with Crippen molar-refractivity contribution < 1.29 is 19.4 Å². The van der Waals surface area contributed by atoms with Gasteiger partial charge in [0.2, 0.25) is 0 Å². The van der Waals surface area contributed by atoms with Gasteiger partial charge in [0.15, 0.2) is 0 Å². The van der Waals surface area contributed by atoms with Crippen LogP contribution in [-0.2, 0) is 6.61 Å². The molecule has 6 aromatic rings. The summed E-state index contributed by atoms with van der Waals surface area (Å²) in [5.74, 6) is -0.720. The van der Waals surface area contributed by atoms with Gasteiger partial charge in [-0.3, -0.25) is 4.79 Å². The number of aryl methyl sites for hydroxylation is 1. The first-order chi connectivity index (χ1) is 21.5. The Labute approximate surface area is 254 Å². The first-order valence-electron chi connectivity index (χ1n) is 14.1. The van der Waals surface area contributed by atoms with Gasteiger partial charge >= 0.3 is 5.97 Å². The number of fused-ring (bicyclic) bond motifs is 1. The van der Waals surface area contributed by atoms with Gasteiger partial charge in [-0.15, -0.1) is 0 Å². The highest BCUT2D eigenvalue weighted by atomic mass is 16.5. The van der Waals surface area contributed by atoms with E-state index in [9.17, 15) is 9.59 Å². The highest BCUT2D eigenvalue weighted by molar-refractivity contribution is 6.03. The van der Waals surface area contributed by atoms with Gasteiger partial charge in [0.1, 0.15) is 12.4 Å². The monoisotopic (exact) mass is 579 g/mol. The number of ether oxygens (including phenoxy) is 1. The fourth-order valence-corrected chi connectivity index (χ4v) is 5.14. The third-order valence-electron chi connectivity index (χ3n) is 7.42.